The number of hydrogen-bond acceptors (Lipinski definition) is 2. The predicted octanol–water partition coefficient (Wildman–Crippen LogP) is 10.3. The van der Waals surface area contributed by atoms with Crippen molar-refractivity contribution in [2.45, 2.75) is 77.6 Å². The molecule has 0 radical (unpaired) electrons. The molecule has 0 N–H and O–H groups in total. The minimum Gasteiger partial charge on any atom is -0.289 e. The lowest BCUT2D eigenvalue weighted by Crippen LogP contribution is -2.16. The first kappa shape index (κ1) is 29.2. The lowest BCUT2D eigenvalue weighted by molar-refractivity contribution is 0.100. The Bertz CT molecular complexity index is 1340. The van der Waals surface area contributed by atoms with Crippen LogP contribution < -0.4 is 0 Å². The Morgan fingerprint density at radius 2 is 0.925 bits per heavy atom. The molecule has 2 nitrogen and oxygen atoms in total. The van der Waals surface area contributed by atoms with Crippen molar-refractivity contribution in [3.8, 4) is 11.1 Å². The maximum absolute atomic E-state index is 14.1. The van der Waals surface area contributed by atoms with Gasteiger partial charge in [0.1, 0.15) is 0 Å². The first-order valence-electron chi connectivity index (χ1n) is 15.1. The van der Waals surface area contributed by atoms with Crippen LogP contribution in [0.1, 0.15) is 109 Å². The quantitative estimate of drug-likeness (QED) is 0.107. The van der Waals surface area contributed by atoms with E-state index in [-0.39, 0.29) is 11.6 Å². The molecule has 40 heavy (non-hydrogen) atoms. The van der Waals surface area contributed by atoms with E-state index in [1.165, 1.54) is 51.4 Å². The van der Waals surface area contributed by atoms with Crippen LogP contribution in [0.15, 0.2) is 103 Å². The van der Waals surface area contributed by atoms with Crippen molar-refractivity contribution >= 4 is 11.6 Å². The van der Waals surface area contributed by atoms with Gasteiger partial charge in [0.15, 0.2) is 11.6 Å². The van der Waals surface area contributed by atoms with Gasteiger partial charge in [-0.15, -0.1) is 0 Å². The summed E-state index contributed by atoms with van der Waals surface area (Å²) >= 11 is 0. The van der Waals surface area contributed by atoms with Crippen molar-refractivity contribution in [1.29, 1.82) is 0 Å². The third kappa shape index (κ3) is 7.88. The minimum atomic E-state index is -0.108. The van der Waals surface area contributed by atoms with E-state index in [1.54, 1.807) is 0 Å². The van der Waals surface area contributed by atoms with Gasteiger partial charge in [-0.2, -0.15) is 0 Å². The molecule has 0 saturated carbocycles. The summed E-state index contributed by atoms with van der Waals surface area (Å²) in [7, 11) is 0. The molecule has 4 aromatic carbocycles. The molecule has 0 fully saturated rings. The topological polar surface area (TPSA) is 34.1 Å². The van der Waals surface area contributed by atoms with Crippen LogP contribution in [0.25, 0.3) is 11.1 Å². The van der Waals surface area contributed by atoms with Crippen LogP contribution in [0, 0.1) is 0 Å². The van der Waals surface area contributed by atoms with Gasteiger partial charge in [0, 0.05) is 22.3 Å². The second-order valence-electron chi connectivity index (χ2n) is 10.7. The molecule has 0 heterocycles. The molecular weight excluding hydrogens is 488 g/mol. The number of hydrogen-bond donors (Lipinski definition) is 0. The Balaban J connectivity index is 1.64. The van der Waals surface area contributed by atoms with Crippen molar-refractivity contribution in [1.82, 2.24) is 0 Å². The van der Waals surface area contributed by atoms with Gasteiger partial charge in [0.25, 0.3) is 0 Å². The van der Waals surface area contributed by atoms with E-state index >= 15 is 0 Å². The molecule has 0 aliphatic heterocycles. The summed E-state index contributed by atoms with van der Waals surface area (Å²) in [5, 5.41) is 0. The fourth-order valence-electron chi connectivity index (χ4n) is 5.48. The molecule has 4 rings (SSSR count). The van der Waals surface area contributed by atoms with E-state index in [9.17, 15) is 9.59 Å². The third-order valence-electron chi connectivity index (χ3n) is 7.70. The molecule has 0 spiro atoms. The molecule has 2 heteroatoms. The second-order valence-corrected chi connectivity index (χ2v) is 10.7. The molecule has 0 aromatic heterocycles. The van der Waals surface area contributed by atoms with Gasteiger partial charge >= 0.3 is 0 Å². The Kier molecular flexibility index (Phi) is 11.5. The van der Waals surface area contributed by atoms with Crippen LogP contribution in [-0.2, 0) is 6.42 Å². The van der Waals surface area contributed by atoms with Gasteiger partial charge in [-0.25, -0.2) is 0 Å². The summed E-state index contributed by atoms with van der Waals surface area (Å²) in [6.45, 7) is 2.26. The van der Waals surface area contributed by atoms with E-state index in [2.05, 4.69) is 13.0 Å². The van der Waals surface area contributed by atoms with Crippen LogP contribution in [-0.4, -0.2) is 11.6 Å². The Morgan fingerprint density at radius 1 is 0.475 bits per heavy atom. The van der Waals surface area contributed by atoms with Crippen LogP contribution in [0.5, 0.6) is 0 Å². The molecule has 0 amide bonds. The SMILES string of the molecule is CCCCCCCCCCCCc1ccc(-c2ccccc2)c(C(=O)c2ccccc2)c1C(=O)c1ccccc1. The summed E-state index contributed by atoms with van der Waals surface area (Å²) in [5.41, 5.74) is 4.98. The maximum Gasteiger partial charge on any atom is 0.194 e. The zero-order chi connectivity index (χ0) is 28.0. The first-order chi connectivity index (χ1) is 19.7. The van der Waals surface area contributed by atoms with Gasteiger partial charge < -0.3 is 0 Å². The zero-order valence-electron chi connectivity index (χ0n) is 23.9. The predicted molar refractivity (Wildman–Crippen MR) is 167 cm³/mol. The monoisotopic (exact) mass is 530 g/mol. The lowest BCUT2D eigenvalue weighted by atomic mass is 9.83. The Hall–Kier alpha value is -3.78. The van der Waals surface area contributed by atoms with E-state index < -0.39 is 0 Å². The number of benzene rings is 4. The van der Waals surface area contributed by atoms with Crippen molar-refractivity contribution in [3.05, 3.63) is 131 Å². The molecule has 0 bridgehead atoms. The fraction of sp³-hybridized carbons (Fsp3) is 0.316. The smallest absolute Gasteiger partial charge is 0.194 e. The van der Waals surface area contributed by atoms with Gasteiger partial charge in [-0.1, -0.05) is 168 Å². The molecular formula is C38H42O2. The molecule has 206 valence electrons. The van der Waals surface area contributed by atoms with Gasteiger partial charge in [-0.3, -0.25) is 9.59 Å². The highest BCUT2D eigenvalue weighted by molar-refractivity contribution is 6.22. The minimum absolute atomic E-state index is 0.0836. The van der Waals surface area contributed by atoms with Crippen molar-refractivity contribution < 1.29 is 9.59 Å². The first-order valence-corrected chi connectivity index (χ1v) is 15.1. The molecule has 0 saturated heterocycles. The Labute approximate surface area is 240 Å². The zero-order valence-corrected chi connectivity index (χ0v) is 23.9. The number of carbonyl (C=O) groups is 2. The lowest BCUT2D eigenvalue weighted by Gasteiger charge is -2.18. The van der Waals surface area contributed by atoms with E-state index in [0.29, 0.717) is 22.3 Å². The standard InChI is InChI=1S/C38H42O2/c1-2-3-4-5-6-7-8-9-10-14-23-31-28-29-34(30-21-15-11-16-22-30)36(38(40)33-26-19-13-20-27-33)35(31)37(39)32-24-17-12-18-25-32/h11-13,15-22,24-29H,2-10,14,23H2,1H3. The van der Waals surface area contributed by atoms with Crippen LogP contribution in [0.3, 0.4) is 0 Å². The van der Waals surface area contributed by atoms with E-state index in [1.807, 2.05) is 97.1 Å². The number of unbranched alkanes of at least 4 members (excludes halogenated alkanes) is 9. The fourth-order valence-corrected chi connectivity index (χ4v) is 5.48. The van der Waals surface area contributed by atoms with Gasteiger partial charge in [-0.05, 0) is 29.5 Å². The van der Waals surface area contributed by atoms with Crippen molar-refractivity contribution in [2.24, 2.45) is 0 Å². The Morgan fingerprint density at radius 3 is 1.45 bits per heavy atom. The summed E-state index contributed by atoms with van der Waals surface area (Å²) in [6.07, 6.45) is 13.4. The average Bonchev–Trinajstić information content (AvgIpc) is 3.02. The summed E-state index contributed by atoms with van der Waals surface area (Å²) in [4.78, 5) is 28.3. The largest absolute Gasteiger partial charge is 0.289 e. The normalized spacial score (nSPS) is 10.9. The van der Waals surface area contributed by atoms with Gasteiger partial charge in [0.2, 0.25) is 0 Å². The van der Waals surface area contributed by atoms with E-state index in [4.69, 9.17) is 0 Å². The third-order valence-corrected chi connectivity index (χ3v) is 7.70. The summed E-state index contributed by atoms with van der Waals surface area (Å²) < 4.78 is 0. The number of carbonyl (C=O) groups excluding carboxylic acids is 2. The highest BCUT2D eigenvalue weighted by Gasteiger charge is 2.26. The summed E-state index contributed by atoms with van der Waals surface area (Å²) in [5.74, 6) is -0.191. The second kappa shape index (κ2) is 15.7. The molecule has 4 aromatic rings. The maximum atomic E-state index is 14.1. The number of aryl methyl sites for hydroxylation is 1. The number of rotatable bonds is 16. The van der Waals surface area contributed by atoms with Crippen LogP contribution in [0.2, 0.25) is 0 Å². The van der Waals surface area contributed by atoms with Gasteiger partial charge in [0.05, 0.1) is 0 Å². The molecule has 0 aliphatic carbocycles. The molecule has 0 unspecified atom stereocenters. The molecule has 0 aliphatic rings. The van der Waals surface area contributed by atoms with Crippen LogP contribution in [0.4, 0.5) is 0 Å². The van der Waals surface area contributed by atoms with Crippen LogP contribution >= 0.6 is 0 Å². The van der Waals surface area contributed by atoms with Crippen molar-refractivity contribution in [2.75, 3.05) is 0 Å². The van der Waals surface area contributed by atoms with Crippen molar-refractivity contribution in [3.63, 3.8) is 0 Å². The summed E-state index contributed by atoms with van der Waals surface area (Å²) in [6, 6.07) is 32.8. The highest BCUT2D eigenvalue weighted by Crippen LogP contribution is 2.33. The average molecular weight is 531 g/mol. The highest BCUT2D eigenvalue weighted by atomic mass is 16.1. The molecule has 0 atom stereocenters. The van der Waals surface area contributed by atoms with E-state index in [0.717, 1.165) is 36.0 Å². The number of ketones is 2.